The van der Waals surface area contributed by atoms with E-state index in [-0.39, 0.29) is 18.7 Å². The van der Waals surface area contributed by atoms with Crippen molar-refractivity contribution >= 4 is 17.5 Å². The number of aryl methyl sites for hydroxylation is 1. The largest absolute Gasteiger partial charge is 0.454 e. The van der Waals surface area contributed by atoms with Crippen LogP contribution in [0.3, 0.4) is 0 Å². The van der Waals surface area contributed by atoms with Crippen molar-refractivity contribution in [1.82, 2.24) is 5.32 Å². The average molecular weight is 316 g/mol. The lowest BCUT2D eigenvalue weighted by Gasteiger charge is -2.14. The summed E-state index contributed by atoms with van der Waals surface area (Å²) in [5, 5.41) is 3.47. The van der Waals surface area contributed by atoms with E-state index in [4.69, 9.17) is 21.1 Å². The molecule has 1 amide bonds. The molecule has 4 rings (SSSR count). The fourth-order valence-corrected chi connectivity index (χ4v) is 3.31. The molecule has 2 aromatic rings. The second kappa shape index (κ2) is 5.21. The minimum atomic E-state index is -0.151. The van der Waals surface area contributed by atoms with Crippen LogP contribution in [0.1, 0.15) is 33.9 Å². The quantitative estimate of drug-likeness (QED) is 0.923. The molecule has 2 aromatic carbocycles. The van der Waals surface area contributed by atoms with Gasteiger partial charge in [0.05, 0.1) is 11.1 Å². The zero-order valence-electron chi connectivity index (χ0n) is 11.8. The van der Waals surface area contributed by atoms with Gasteiger partial charge in [-0.25, -0.2) is 0 Å². The Bertz CT molecular complexity index is 760. The first kappa shape index (κ1) is 13.5. The highest BCUT2D eigenvalue weighted by Crippen LogP contribution is 2.40. The summed E-state index contributed by atoms with van der Waals surface area (Å²) < 4.78 is 10.6. The normalized spacial score (nSPS) is 18.1. The van der Waals surface area contributed by atoms with Gasteiger partial charge in [0.2, 0.25) is 6.79 Å². The van der Waals surface area contributed by atoms with Crippen LogP contribution in [0.5, 0.6) is 11.5 Å². The van der Waals surface area contributed by atoms with Gasteiger partial charge in [-0.1, -0.05) is 35.9 Å². The Morgan fingerprint density at radius 2 is 2.09 bits per heavy atom. The third-order valence-electron chi connectivity index (χ3n) is 4.13. The number of carbonyl (C=O) groups excluding carboxylic acids is 1. The van der Waals surface area contributed by atoms with Crippen LogP contribution in [0.25, 0.3) is 0 Å². The zero-order valence-corrected chi connectivity index (χ0v) is 12.5. The fourth-order valence-electron chi connectivity index (χ4n) is 3.05. The van der Waals surface area contributed by atoms with Crippen molar-refractivity contribution in [3.05, 3.63) is 58.1 Å². The lowest BCUT2D eigenvalue weighted by molar-refractivity contribution is 0.0936. The molecule has 112 valence electrons. The van der Waals surface area contributed by atoms with Crippen LogP contribution in [-0.2, 0) is 6.42 Å². The SMILES string of the molecule is O=C(N[C@H]1CCc2ccccc21)c1cc(Cl)c2c(c1)OCO2. The van der Waals surface area contributed by atoms with Gasteiger partial charge >= 0.3 is 0 Å². The molecule has 1 N–H and O–H groups in total. The molecule has 5 heteroatoms. The van der Waals surface area contributed by atoms with E-state index >= 15 is 0 Å². The van der Waals surface area contributed by atoms with Gasteiger partial charge in [-0.3, -0.25) is 4.79 Å². The molecule has 0 radical (unpaired) electrons. The van der Waals surface area contributed by atoms with Gasteiger partial charge < -0.3 is 14.8 Å². The van der Waals surface area contributed by atoms with Crippen LogP contribution in [0.2, 0.25) is 5.02 Å². The fraction of sp³-hybridized carbons (Fsp3) is 0.235. The number of nitrogens with one attached hydrogen (secondary N) is 1. The Labute approximate surface area is 133 Å². The molecule has 0 spiro atoms. The number of carbonyl (C=O) groups is 1. The van der Waals surface area contributed by atoms with E-state index in [0.29, 0.717) is 22.1 Å². The van der Waals surface area contributed by atoms with E-state index < -0.39 is 0 Å². The predicted octanol–water partition coefficient (Wildman–Crippen LogP) is 3.49. The van der Waals surface area contributed by atoms with E-state index in [1.807, 2.05) is 12.1 Å². The molecule has 0 aromatic heterocycles. The van der Waals surface area contributed by atoms with E-state index in [9.17, 15) is 4.79 Å². The minimum Gasteiger partial charge on any atom is -0.454 e. The highest BCUT2D eigenvalue weighted by molar-refractivity contribution is 6.32. The molecule has 22 heavy (non-hydrogen) atoms. The maximum absolute atomic E-state index is 12.5. The molecule has 1 atom stereocenters. The first-order chi connectivity index (χ1) is 10.7. The first-order valence-electron chi connectivity index (χ1n) is 7.20. The van der Waals surface area contributed by atoms with Gasteiger partial charge in [0.15, 0.2) is 11.5 Å². The zero-order chi connectivity index (χ0) is 15.1. The second-order valence-corrected chi connectivity index (χ2v) is 5.86. The van der Waals surface area contributed by atoms with Gasteiger partial charge in [0.1, 0.15) is 0 Å². The topological polar surface area (TPSA) is 47.6 Å². The number of benzene rings is 2. The summed E-state index contributed by atoms with van der Waals surface area (Å²) in [5.41, 5.74) is 2.98. The number of rotatable bonds is 2. The Kier molecular flexibility index (Phi) is 3.19. The summed E-state index contributed by atoms with van der Waals surface area (Å²) in [6.07, 6.45) is 1.91. The summed E-state index contributed by atoms with van der Waals surface area (Å²) in [4.78, 5) is 12.5. The summed E-state index contributed by atoms with van der Waals surface area (Å²) in [6, 6.07) is 11.5. The molecule has 0 unspecified atom stereocenters. The number of hydrogen-bond acceptors (Lipinski definition) is 3. The van der Waals surface area contributed by atoms with E-state index in [1.165, 1.54) is 11.1 Å². The summed E-state index contributed by atoms with van der Waals surface area (Å²) in [6.45, 7) is 0.135. The molecule has 2 aliphatic rings. The molecular weight excluding hydrogens is 302 g/mol. The first-order valence-corrected chi connectivity index (χ1v) is 7.58. The second-order valence-electron chi connectivity index (χ2n) is 5.46. The summed E-state index contributed by atoms with van der Waals surface area (Å²) >= 11 is 6.13. The van der Waals surface area contributed by atoms with Crippen molar-refractivity contribution in [2.24, 2.45) is 0 Å². The van der Waals surface area contributed by atoms with Crippen LogP contribution in [0, 0.1) is 0 Å². The molecule has 0 saturated heterocycles. The van der Waals surface area contributed by atoms with Crippen LogP contribution in [-0.4, -0.2) is 12.7 Å². The Morgan fingerprint density at radius 3 is 3.00 bits per heavy atom. The minimum absolute atomic E-state index is 0.0490. The van der Waals surface area contributed by atoms with E-state index in [2.05, 4.69) is 17.4 Å². The number of hydrogen-bond donors (Lipinski definition) is 1. The Balaban J connectivity index is 1.58. The molecule has 0 saturated carbocycles. The van der Waals surface area contributed by atoms with Crippen LogP contribution < -0.4 is 14.8 Å². The maximum atomic E-state index is 12.5. The van der Waals surface area contributed by atoms with Gasteiger partial charge in [-0.15, -0.1) is 0 Å². The van der Waals surface area contributed by atoms with Gasteiger partial charge in [0, 0.05) is 5.56 Å². The molecule has 1 heterocycles. The highest BCUT2D eigenvalue weighted by Gasteiger charge is 2.25. The Hall–Kier alpha value is -2.20. The number of fused-ring (bicyclic) bond motifs is 2. The summed E-state index contributed by atoms with van der Waals surface area (Å²) in [7, 11) is 0. The molecule has 0 fully saturated rings. The van der Waals surface area contributed by atoms with E-state index in [1.54, 1.807) is 12.1 Å². The van der Waals surface area contributed by atoms with Crippen LogP contribution >= 0.6 is 11.6 Å². The van der Waals surface area contributed by atoms with E-state index in [0.717, 1.165) is 12.8 Å². The van der Waals surface area contributed by atoms with Crippen LogP contribution in [0.15, 0.2) is 36.4 Å². The lowest BCUT2D eigenvalue weighted by Crippen LogP contribution is -2.27. The van der Waals surface area contributed by atoms with Gasteiger partial charge in [-0.2, -0.15) is 0 Å². The number of amides is 1. The van der Waals surface area contributed by atoms with Crippen LogP contribution in [0.4, 0.5) is 0 Å². The molecule has 1 aliphatic carbocycles. The van der Waals surface area contributed by atoms with Gasteiger partial charge in [0.25, 0.3) is 5.91 Å². The number of halogens is 1. The standard InChI is InChI=1S/C17H14ClNO3/c18-13-7-11(8-15-16(13)22-9-21-15)17(20)19-14-6-5-10-3-1-2-4-12(10)14/h1-4,7-8,14H,5-6,9H2,(H,19,20)/t14-/m0/s1. The smallest absolute Gasteiger partial charge is 0.251 e. The van der Waals surface area contributed by atoms with Crippen molar-refractivity contribution < 1.29 is 14.3 Å². The molecule has 0 bridgehead atoms. The third-order valence-corrected chi connectivity index (χ3v) is 4.41. The Morgan fingerprint density at radius 1 is 1.23 bits per heavy atom. The van der Waals surface area contributed by atoms with Crippen molar-refractivity contribution in [1.29, 1.82) is 0 Å². The molecule has 1 aliphatic heterocycles. The molecular formula is C17H14ClNO3. The van der Waals surface area contributed by atoms with Crippen molar-refractivity contribution in [2.45, 2.75) is 18.9 Å². The monoisotopic (exact) mass is 315 g/mol. The highest BCUT2D eigenvalue weighted by atomic mass is 35.5. The molecule has 4 nitrogen and oxygen atoms in total. The van der Waals surface area contributed by atoms with Crippen molar-refractivity contribution in [3.63, 3.8) is 0 Å². The maximum Gasteiger partial charge on any atom is 0.251 e. The third kappa shape index (κ3) is 2.20. The number of ether oxygens (including phenoxy) is 2. The summed E-state index contributed by atoms with van der Waals surface area (Å²) in [5.74, 6) is 0.871. The lowest BCUT2D eigenvalue weighted by atomic mass is 10.1. The average Bonchev–Trinajstić information content (AvgIpc) is 3.15. The predicted molar refractivity (Wildman–Crippen MR) is 82.5 cm³/mol. The van der Waals surface area contributed by atoms with Gasteiger partial charge in [-0.05, 0) is 36.1 Å². The van der Waals surface area contributed by atoms with Crippen molar-refractivity contribution in [3.8, 4) is 11.5 Å². The van der Waals surface area contributed by atoms with Crippen molar-refractivity contribution in [2.75, 3.05) is 6.79 Å².